The standard InChI is InChI=1S/C26H28N6OS.C22H25N5O/c1-17(23-9-10-24(34-23)21-6-4-3-5-18(21)14-27-2)30-26-22-13-20(8-7-19(22)15-29-31-26)32-12-11-28-25(33)16-32;1-14-5-4-6-19(15(14)2)16(3)25-22-20-11-18(8-7-17(20)12-24-26-22)27-10-9-23-21(28)13-27/h3-10,13,15,17,27H,11-12,14,16H2,1-2H3,(H,28,33)(H,30,31);4-8,11-12,16H,9-10,13H2,1-3H3,(H,23,28)(H,25,26)/t17-;16-/m11/s1. The molecule has 7 aromatic rings. The van der Waals surface area contributed by atoms with E-state index in [1.54, 1.807) is 23.7 Å². The van der Waals surface area contributed by atoms with Crippen molar-refractivity contribution in [3.63, 3.8) is 0 Å². The van der Waals surface area contributed by atoms with Crippen molar-refractivity contribution in [2.24, 2.45) is 0 Å². The average Bonchev–Trinajstić information content (AvgIpc) is 3.79. The van der Waals surface area contributed by atoms with Gasteiger partial charge in [-0.15, -0.1) is 21.5 Å². The van der Waals surface area contributed by atoms with Crippen LogP contribution in [0.25, 0.3) is 32.0 Å². The number of thiophene rings is 1. The van der Waals surface area contributed by atoms with E-state index in [0.717, 1.165) is 64.2 Å². The van der Waals surface area contributed by atoms with Gasteiger partial charge < -0.3 is 36.4 Å². The molecule has 0 unspecified atom stereocenters. The van der Waals surface area contributed by atoms with E-state index in [1.165, 1.54) is 37.6 Å². The van der Waals surface area contributed by atoms with Gasteiger partial charge in [-0.25, -0.2) is 0 Å². The van der Waals surface area contributed by atoms with Crippen molar-refractivity contribution in [1.29, 1.82) is 0 Å². The fraction of sp³-hybridized carbons (Fsp3) is 0.292. The van der Waals surface area contributed by atoms with E-state index in [1.807, 2.05) is 31.3 Å². The van der Waals surface area contributed by atoms with E-state index in [2.05, 4.69) is 151 Å². The molecule has 0 spiro atoms. The number of benzene rings is 4. The van der Waals surface area contributed by atoms with Gasteiger partial charge in [0.15, 0.2) is 11.6 Å². The van der Waals surface area contributed by atoms with Gasteiger partial charge >= 0.3 is 0 Å². The summed E-state index contributed by atoms with van der Waals surface area (Å²) in [6.07, 6.45) is 3.55. The number of fused-ring (bicyclic) bond motifs is 2. The molecule has 318 valence electrons. The fourth-order valence-corrected chi connectivity index (χ4v) is 9.16. The van der Waals surface area contributed by atoms with Crippen LogP contribution in [0.3, 0.4) is 0 Å². The minimum Gasteiger partial charge on any atom is -0.362 e. The summed E-state index contributed by atoms with van der Waals surface area (Å²) in [5, 5.41) is 37.3. The summed E-state index contributed by atoms with van der Waals surface area (Å²) in [6, 6.07) is 31.8. The molecule has 2 amide bonds. The Balaban J connectivity index is 0.000000174. The number of aromatic nitrogens is 4. The summed E-state index contributed by atoms with van der Waals surface area (Å²) < 4.78 is 0. The number of rotatable bonds is 11. The number of piperazine rings is 2. The van der Waals surface area contributed by atoms with Crippen LogP contribution in [0.2, 0.25) is 0 Å². The number of aryl methyl sites for hydroxylation is 1. The maximum Gasteiger partial charge on any atom is 0.239 e. The van der Waals surface area contributed by atoms with Crippen LogP contribution in [0, 0.1) is 13.8 Å². The third-order valence-corrected chi connectivity index (χ3v) is 12.9. The van der Waals surface area contributed by atoms with Crippen LogP contribution >= 0.6 is 11.3 Å². The second-order valence-corrected chi connectivity index (χ2v) is 17.0. The average molecular weight is 848 g/mol. The van der Waals surface area contributed by atoms with Crippen LogP contribution in [0.15, 0.2) is 103 Å². The first-order valence-corrected chi connectivity index (χ1v) is 21.9. The van der Waals surface area contributed by atoms with Gasteiger partial charge in [-0.2, -0.15) is 10.2 Å². The monoisotopic (exact) mass is 847 g/mol. The molecule has 2 saturated heterocycles. The lowest BCUT2D eigenvalue weighted by molar-refractivity contribution is -0.121. The van der Waals surface area contributed by atoms with Crippen LogP contribution in [0.4, 0.5) is 23.0 Å². The minimum atomic E-state index is 0.0518. The summed E-state index contributed by atoms with van der Waals surface area (Å²) in [7, 11) is 1.97. The van der Waals surface area contributed by atoms with E-state index in [9.17, 15) is 9.59 Å². The largest absolute Gasteiger partial charge is 0.362 e. The van der Waals surface area contributed by atoms with Crippen molar-refractivity contribution in [3.05, 3.63) is 131 Å². The van der Waals surface area contributed by atoms with Gasteiger partial charge in [0.05, 0.1) is 37.6 Å². The number of nitrogens with zero attached hydrogens (tertiary/aromatic N) is 6. The lowest BCUT2D eigenvalue weighted by Gasteiger charge is -2.29. The predicted octanol–water partition coefficient (Wildman–Crippen LogP) is 7.54. The number of amides is 2. The number of nitrogens with one attached hydrogen (secondary N) is 5. The van der Waals surface area contributed by atoms with E-state index >= 15 is 0 Å². The van der Waals surface area contributed by atoms with Crippen molar-refractivity contribution >= 4 is 67.7 Å². The normalized spacial score (nSPS) is 15.0. The van der Waals surface area contributed by atoms with Crippen LogP contribution in [-0.2, 0) is 16.1 Å². The van der Waals surface area contributed by atoms with E-state index in [4.69, 9.17) is 0 Å². The van der Waals surface area contributed by atoms with Crippen LogP contribution < -0.4 is 36.4 Å². The molecule has 2 atom stereocenters. The second kappa shape index (κ2) is 19.0. The number of hydrogen-bond acceptors (Lipinski definition) is 12. The first-order valence-electron chi connectivity index (χ1n) is 21.1. The quantitative estimate of drug-likeness (QED) is 0.0878. The van der Waals surface area contributed by atoms with Gasteiger partial charge in [0.25, 0.3) is 0 Å². The molecule has 9 rings (SSSR count). The first kappa shape index (κ1) is 42.1. The van der Waals surface area contributed by atoms with Crippen LogP contribution in [0.1, 0.15) is 53.1 Å². The third kappa shape index (κ3) is 9.46. The molecule has 0 aliphatic carbocycles. The van der Waals surface area contributed by atoms with E-state index in [0.29, 0.717) is 26.2 Å². The van der Waals surface area contributed by atoms with Crippen molar-refractivity contribution < 1.29 is 9.59 Å². The molecule has 3 aromatic heterocycles. The Morgan fingerprint density at radius 2 is 1.31 bits per heavy atom. The number of anilines is 4. The summed E-state index contributed by atoms with van der Waals surface area (Å²) in [4.78, 5) is 30.3. The summed E-state index contributed by atoms with van der Waals surface area (Å²) in [5.41, 5.74) is 8.42. The lowest BCUT2D eigenvalue weighted by atomic mass is 9.98. The molecule has 13 nitrogen and oxygen atoms in total. The zero-order valence-corrected chi connectivity index (χ0v) is 36.6. The highest BCUT2D eigenvalue weighted by atomic mass is 32.1. The molecule has 5 N–H and O–H groups in total. The Morgan fingerprint density at radius 3 is 1.90 bits per heavy atom. The molecule has 62 heavy (non-hydrogen) atoms. The molecule has 2 fully saturated rings. The lowest BCUT2D eigenvalue weighted by Crippen LogP contribution is -2.47. The molecule has 0 bridgehead atoms. The fourth-order valence-electron chi connectivity index (χ4n) is 8.09. The Hall–Kier alpha value is -6.64. The predicted molar refractivity (Wildman–Crippen MR) is 252 cm³/mol. The Labute approximate surface area is 366 Å². The summed E-state index contributed by atoms with van der Waals surface area (Å²) in [6.45, 7) is 13.1. The smallest absolute Gasteiger partial charge is 0.239 e. The van der Waals surface area contributed by atoms with E-state index < -0.39 is 0 Å². The third-order valence-electron chi connectivity index (χ3n) is 11.6. The molecular formula is C48H53N11O2S. The minimum absolute atomic E-state index is 0.0518. The topological polar surface area (TPSA) is 152 Å². The second-order valence-electron chi connectivity index (χ2n) is 15.9. The van der Waals surface area contributed by atoms with Crippen LogP contribution in [-0.4, -0.2) is 78.5 Å². The SMILES string of the molecule is CNCc1ccccc1-c1ccc([C@@H](C)Nc2nncc3ccc(N4CCNC(=O)C4)cc23)s1.Cc1cccc([C@@H](C)Nc2nncc3ccc(N4CCNC(=O)C4)cc23)c1C. The molecule has 14 heteroatoms. The van der Waals surface area contributed by atoms with Crippen molar-refractivity contribution in [1.82, 2.24) is 36.3 Å². The van der Waals surface area contributed by atoms with Gasteiger partial charge in [0.1, 0.15) is 0 Å². The highest BCUT2D eigenvalue weighted by Crippen LogP contribution is 2.36. The molecule has 0 radical (unpaired) electrons. The Kier molecular flexibility index (Phi) is 12.9. The molecule has 0 saturated carbocycles. The summed E-state index contributed by atoms with van der Waals surface area (Å²) in [5.74, 6) is 1.62. The van der Waals surface area contributed by atoms with Crippen molar-refractivity contribution in [2.75, 3.05) is 66.7 Å². The van der Waals surface area contributed by atoms with Gasteiger partial charge in [0.2, 0.25) is 11.8 Å². The van der Waals surface area contributed by atoms with Gasteiger partial charge in [0, 0.05) is 75.4 Å². The highest BCUT2D eigenvalue weighted by molar-refractivity contribution is 7.15. The number of carbonyl (C=O) groups excluding carboxylic acids is 2. The van der Waals surface area contributed by atoms with Crippen molar-refractivity contribution in [2.45, 2.75) is 46.3 Å². The van der Waals surface area contributed by atoms with E-state index in [-0.39, 0.29) is 23.9 Å². The first-order chi connectivity index (χ1) is 30.1. The molecule has 2 aliphatic rings. The van der Waals surface area contributed by atoms with Gasteiger partial charge in [-0.1, -0.05) is 54.6 Å². The number of carbonyl (C=O) groups is 2. The van der Waals surface area contributed by atoms with Crippen LogP contribution in [0.5, 0.6) is 0 Å². The number of hydrogen-bond donors (Lipinski definition) is 5. The molecular weight excluding hydrogens is 795 g/mol. The molecule has 4 aromatic carbocycles. The molecule has 5 heterocycles. The maximum absolute atomic E-state index is 11.9. The maximum atomic E-state index is 11.9. The zero-order valence-electron chi connectivity index (χ0n) is 35.8. The zero-order chi connectivity index (χ0) is 43.2. The summed E-state index contributed by atoms with van der Waals surface area (Å²) >= 11 is 1.79. The molecule has 2 aliphatic heterocycles. The van der Waals surface area contributed by atoms with Gasteiger partial charge in [-0.05, 0) is 99.0 Å². The van der Waals surface area contributed by atoms with Gasteiger partial charge in [-0.3, -0.25) is 9.59 Å². The Morgan fingerprint density at radius 1 is 0.710 bits per heavy atom. The van der Waals surface area contributed by atoms with Crippen molar-refractivity contribution in [3.8, 4) is 10.4 Å². The Bertz CT molecular complexity index is 2720. The highest BCUT2D eigenvalue weighted by Gasteiger charge is 2.20.